The van der Waals surface area contributed by atoms with E-state index in [-0.39, 0.29) is 0 Å². The van der Waals surface area contributed by atoms with E-state index in [0.717, 1.165) is 25.2 Å². The van der Waals surface area contributed by atoms with E-state index in [0.29, 0.717) is 12.6 Å². The number of hydrogen-bond acceptors (Lipinski definition) is 3. The van der Waals surface area contributed by atoms with E-state index in [1.54, 1.807) is 0 Å². The molecule has 0 bridgehead atoms. The molecule has 2 N–H and O–H groups in total. The molecule has 0 aliphatic carbocycles. The zero-order valence-corrected chi connectivity index (χ0v) is 10.6. The molecule has 1 aromatic rings. The van der Waals surface area contributed by atoms with Crippen molar-refractivity contribution in [3.8, 4) is 0 Å². The molecular formula is C13H23N3. The Kier molecular flexibility index (Phi) is 5.26. The third-order valence-corrected chi connectivity index (χ3v) is 2.64. The van der Waals surface area contributed by atoms with Gasteiger partial charge in [-0.3, -0.25) is 0 Å². The van der Waals surface area contributed by atoms with Gasteiger partial charge in [-0.15, -0.1) is 0 Å². The Labute approximate surface area is 98.7 Å². The smallest absolute Gasteiger partial charge is 0.131 e. The predicted octanol–water partition coefficient (Wildman–Crippen LogP) is 2.21. The van der Waals surface area contributed by atoms with Gasteiger partial charge in [0.1, 0.15) is 5.82 Å². The largest absolute Gasteiger partial charge is 0.354 e. The SMILES string of the molecule is CCCN(c1ncccc1CCN)C(C)C. The van der Waals surface area contributed by atoms with Gasteiger partial charge in [0.15, 0.2) is 0 Å². The third kappa shape index (κ3) is 3.20. The van der Waals surface area contributed by atoms with Crippen molar-refractivity contribution < 1.29 is 0 Å². The molecule has 0 aromatic carbocycles. The van der Waals surface area contributed by atoms with Gasteiger partial charge >= 0.3 is 0 Å². The molecular weight excluding hydrogens is 198 g/mol. The Hall–Kier alpha value is -1.09. The van der Waals surface area contributed by atoms with E-state index in [4.69, 9.17) is 5.73 Å². The highest BCUT2D eigenvalue weighted by Crippen LogP contribution is 2.20. The van der Waals surface area contributed by atoms with E-state index in [9.17, 15) is 0 Å². The van der Waals surface area contributed by atoms with Gasteiger partial charge in [-0.1, -0.05) is 13.0 Å². The van der Waals surface area contributed by atoms with Crippen molar-refractivity contribution in [1.82, 2.24) is 4.98 Å². The van der Waals surface area contributed by atoms with E-state index in [1.807, 2.05) is 12.3 Å². The summed E-state index contributed by atoms with van der Waals surface area (Å²) in [6.45, 7) is 8.33. The molecule has 0 spiro atoms. The number of hydrogen-bond donors (Lipinski definition) is 1. The fraction of sp³-hybridized carbons (Fsp3) is 0.615. The molecule has 16 heavy (non-hydrogen) atoms. The molecule has 3 heteroatoms. The molecule has 1 aromatic heterocycles. The molecule has 0 fully saturated rings. The van der Waals surface area contributed by atoms with Crippen LogP contribution in [0.2, 0.25) is 0 Å². The minimum absolute atomic E-state index is 0.478. The maximum Gasteiger partial charge on any atom is 0.131 e. The second-order valence-corrected chi connectivity index (χ2v) is 4.31. The van der Waals surface area contributed by atoms with Crippen molar-refractivity contribution in [2.75, 3.05) is 18.0 Å². The van der Waals surface area contributed by atoms with Crippen LogP contribution in [0.15, 0.2) is 18.3 Å². The minimum atomic E-state index is 0.478. The fourth-order valence-corrected chi connectivity index (χ4v) is 1.89. The van der Waals surface area contributed by atoms with E-state index >= 15 is 0 Å². The Bertz CT molecular complexity index is 310. The van der Waals surface area contributed by atoms with Crippen molar-refractivity contribution in [2.24, 2.45) is 5.73 Å². The van der Waals surface area contributed by atoms with Crippen LogP contribution in [0, 0.1) is 0 Å². The van der Waals surface area contributed by atoms with Crippen LogP contribution >= 0.6 is 0 Å². The Morgan fingerprint density at radius 2 is 2.19 bits per heavy atom. The summed E-state index contributed by atoms with van der Waals surface area (Å²) < 4.78 is 0. The molecule has 1 rings (SSSR count). The lowest BCUT2D eigenvalue weighted by Gasteiger charge is -2.29. The summed E-state index contributed by atoms with van der Waals surface area (Å²) >= 11 is 0. The monoisotopic (exact) mass is 221 g/mol. The highest BCUT2D eigenvalue weighted by Gasteiger charge is 2.14. The molecule has 0 saturated carbocycles. The van der Waals surface area contributed by atoms with Gasteiger partial charge in [-0.05, 0) is 44.9 Å². The Morgan fingerprint density at radius 3 is 2.75 bits per heavy atom. The number of nitrogens with zero attached hydrogens (tertiary/aromatic N) is 2. The molecule has 0 aliphatic rings. The molecule has 0 aliphatic heterocycles. The lowest BCUT2D eigenvalue weighted by atomic mass is 10.1. The van der Waals surface area contributed by atoms with Crippen LogP contribution in [0.3, 0.4) is 0 Å². The zero-order chi connectivity index (χ0) is 12.0. The van der Waals surface area contributed by atoms with Crippen molar-refractivity contribution in [3.63, 3.8) is 0 Å². The number of pyridine rings is 1. The summed E-state index contributed by atoms with van der Waals surface area (Å²) in [6.07, 6.45) is 3.90. The number of rotatable bonds is 6. The topological polar surface area (TPSA) is 42.2 Å². The zero-order valence-electron chi connectivity index (χ0n) is 10.6. The first kappa shape index (κ1) is 13.0. The molecule has 0 saturated heterocycles. The van der Waals surface area contributed by atoms with Crippen LogP contribution in [0.25, 0.3) is 0 Å². The van der Waals surface area contributed by atoms with Crippen molar-refractivity contribution in [2.45, 2.75) is 39.7 Å². The Balaban J connectivity index is 2.97. The Morgan fingerprint density at radius 1 is 1.44 bits per heavy atom. The highest BCUT2D eigenvalue weighted by atomic mass is 15.2. The van der Waals surface area contributed by atoms with Crippen LogP contribution in [0.1, 0.15) is 32.8 Å². The minimum Gasteiger partial charge on any atom is -0.354 e. The van der Waals surface area contributed by atoms with E-state index < -0.39 is 0 Å². The summed E-state index contributed by atoms with van der Waals surface area (Å²) in [6, 6.07) is 4.59. The van der Waals surface area contributed by atoms with Gasteiger partial charge in [0, 0.05) is 18.8 Å². The highest BCUT2D eigenvalue weighted by molar-refractivity contribution is 5.47. The molecule has 0 radical (unpaired) electrons. The maximum atomic E-state index is 5.63. The molecule has 1 heterocycles. The predicted molar refractivity (Wildman–Crippen MR) is 69.8 cm³/mol. The fourth-order valence-electron chi connectivity index (χ4n) is 1.89. The van der Waals surface area contributed by atoms with Crippen LogP contribution in [0.4, 0.5) is 5.82 Å². The van der Waals surface area contributed by atoms with Gasteiger partial charge in [-0.2, -0.15) is 0 Å². The van der Waals surface area contributed by atoms with Crippen molar-refractivity contribution in [1.29, 1.82) is 0 Å². The van der Waals surface area contributed by atoms with Gasteiger partial charge in [0.05, 0.1) is 0 Å². The van der Waals surface area contributed by atoms with Crippen molar-refractivity contribution >= 4 is 5.82 Å². The van der Waals surface area contributed by atoms with Crippen LogP contribution < -0.4 is 10.6 Å². The molecule has 3 nitrogen and oxygen atoms in total. The normalized spacial score (nSPS) is 10.8. The van der Waals surface area contributed by atoms with Gasteiger partial charge < -0.3 is 10.6 Å². The number of nitrogens with two attached hydrogens (primary N) is 1. The van der Waals surface area contributed by atoms with Gasteiger partial charge in [0.2, 0.25) is 0 Å². The molecule has 0 atom stereocenters. The first-order chi connectivity index (χ1) is 7.70. The summed E-state index contributed by atoms with van der Waals surface area (Å²) in [5.74, 6) is 1.10. The summed E-state index contributed by atoms with van der Waals surface area (Å²) in [5.41, 5.74) is 6.89. The number of aromatic nitrogens is 1. The average molecular weight is 221 g/mol. The van der Waals surface area contributed by atoms with E-state index in [2.05, 4.69) is 36.7 Å². The quantitative estimate of drug-likeness (QED) is 0.801. The first-order valence-corrected chi connectivity index (χ1v) is 6.11. The second kappa shape index (κ2) is 6.48. The average Bonchev–Trinajstić information content (AvgIpc) is 2.27. The molecule has 0 unspecified atom stereocenters. The number of anilines is 1. The summed E-state index contributed by atoms with van der Waals surface area (Å²) in [5, 5.41) is 0. The van der Waals surface area contributed by atoms with Crippen LogP contribution in [-0.2, 0) is 6.42 Å². The summed E-state index contributed by atoms with van der Waals surface area (Å²) in [4.78, 5) is 6.86. The van der Waals surface area contributed by atoms with Gasteiger partial charge in [0.25, 0.3) is 0 Å². The standard InChI is InChI=1S/C13H23N3/c1-4-10-16(11(2)3)13-12(7-8-14)6-5-9-15-13/h5-6,9,11H,4,7-8,10,14H2,1-3H3. The van der Waals surface area contributed by atoms with Crippen molar-refractivity contribution in [3.05, 3.63) is 23.9 Å². The van der Waals surface area contributed by atoms with Crippen LogP contribution in [0.5, 0.6) is 0 Å². The second-order valence-electron chi connectivity index (χ2n) is 4.31. The first-order valence-electron chi connectivity index (χ1n) is 6.11. The summed E-state index contributed by atoms with van der Waals surface area (Å²) in [7, 11) is 0. The van der Waals surface area contributed by atoms with E-state index in [1.165, 1.54) is 5.56 Å². The molecule has 0 amide bonds. The lowest BCUT2D eigenvalue weighted by molar-refractivity contribution is 0.657. The maximum absolute atomic E-state index is 5.63. The molecule has 90 valence electrons. The van der Waals surface area contributed by atoms with Crippen LogP contribution in [-0.4, -0.2) is 24.1 Å². The lowest BCUT2D eigenvalue weighted by Crippen LogP contribution is -2.33. The van der Waals surface area contributed by atoms with Gasteiger partial charge in [-0.25, -0.2) is 4.98 Å². The third-order valence-electron chi connectivity index (χ3n) is 2.64.